The van der Waals surface area contributed by atoms with Crippen molar-refractivity contribution in [2.45, 2.75) is 56.7 Å². The molecule has 1 aromatic carbocycles. The van der Waals surface area contributed by atoms with Crippen LogP contribution in [0.15, 0.2) is 12.1 Å². The molecule has 1 aromatic rings. The van der Waals surface area contributed by atoms with E-state index < -0.39 is 5.97 Å². The van der Waals surface area contributed by atoms with Gasteiger partial charge in [0.15, 0.2) is 0 Å². The highest BCUT2D eigenvalue weighted by Gasteiger charge is 2.42. The fraction of sp³-hybridized carbons (Fsp3) is 0.632. The first-order valence-electron chi connectivity index (χ1n) is 8.99. The van der Waals surface area contributed by atoms with Crippen LogP contribution in [-0.2, 0) is 17.7 Å². The van der Waals surface area contributed by atoms with E-state index in [4.69, 9.17) is 4.74 Å². The normalized spacial score (nSPS) is 25.8. The molecule has 5 heteroatoms. The van der Waals surface area contributed by atoms with Crippen LogP contribution in [-0.4, -0.2) is 42.6 Å². The van der Waals surface area contributed by atoms with Gasteiger partial charge in [-0.25, -0.2) is 9.18 Å². The monoisotopic (exact) mass is 332 g/mol. The van der Waals surface area contributed by atoms with Crippen molar-refractivity contribution in [1.29, 1.82) is 0 Å². The van der Waals surface area contributed by atoms with Gasteiger partial charge in [-0.15, -0.1) is 0 Å². The van der Waals surface area contributed by atoms with Crippen molar-refractivity contribution in [2.75, 3.05) is 20.2 Å². The molecule has 2 heterocycles. The van der Waals surface area contributed by atoms with Gasteiger partial charge >= 0.3 is 5.97 Å². The number of piperidine rings is 1. The van der Waals surface area contributed by atoms with E-state index in [0.717, 1.165) is 37.1 Å². The Morgan fingerprint density at radius 3 is 2.96 bits per heavy atom. The fourth-order valence-electron chi connectivity index (χ4n) is 4.61. The summed E-state index contributed by atoms with van der Waals surface area (Å²) < 4.78 is 19.3. The van der Waals surface area contributed by atoms with Crippen LogP contribution < -0.4 is 5.32 Å². The first kappa shape index (κ1) is 16.0. The van der Waals surface area contributed by atoms with Gasteiger partial charge in [-0.05, 0) is 62.8 Å². The Balaban J connectivity index is 1.52. The van der Waals surface area contributed by atoms with E-state index >= 15 is 0 Å². The molecule has 4 rings (SSSR count). The first-order valence-corrected chi connectivity index (χ1v) is 8.99. The number of benzene rings is 1. The zero-order valence-corrected chi connectivity index (χ0v) is 14.2. The number of carbonyl (C=O) groups is 1. The molecule has 1 N–H and O–H groups in total. The second-order valence-electron chi connectivity index (χ2n) is 7.52. The van der Waals surface area contributed by atoms with Gasteiger partial charge in [0.2, 0.25) is 0 Å². The van der Waals surface area contributed by atoms with Gasteiger partial charge in [0.25, 0.3) is 0 Å². The number of carbonyl (C=O) groups excluding carboxylic acids is 1. The lowest BCUT2D eigenvalue weighted by atomic mass is 9.70. The van der Waals surface area contributed by atoms with E-state index in [-0.39, 0.29) is 5.82 Å². The Morgan fingerprint density at radius 1 is 1.42 bits per heavy atom. The van der Waals surface area contributed by atoms with E-state index in [2.05, 4.69) is 10.2 Å². The summed E-state index contributed by atoms with van der Waals surface area (Å²) in [5.41, 5.74) is 2.39. The van der Waals surface area contributed by atoms with Gasteiger partial charge in [0, 0.05) is 30.2 Å². The fourth-order valence-corrected chi connectivity index (χ4v) is 4.61. The molecule has 0 radical (unpaired) electrons. The summed E-state index contributed by atoms with van der Waals surface area (Å²) in [6.45, 7) is 2.67. The topological polar surface area (TPSA) is 41.6 Å². The largest absolute Gasteiger partial charge is 0.465 e. The number of halogens is 1. The summed E-state index contributed by atoms with van der Waals surface area (Å²) in [6.07, 6.45) is 7.01. The van der Waals surface area contributed by atoms with Gasteiger partial charge in [-0.1, -0.05) is 0 Å². The number of fused-ring (bicyclic) bond motifs is 1. The van der Waals surface area contributed by atoms with Crippen LogP contribution in [0.25, 0.3) is 0 Å². The average molecular weight is 332 g/mol. The van der Waals surface area contributed by atoms with Gasteiger partial charge < -0.3 is 10.1 Å². The molecule has 0 amide bonds. The molecule has 4 nitrogen and oxygen atoms in total. The molecule has 130 valence electrons. The minimum absolute atomic E-state index is 0.273. The Morgan fingerprint density at radius 2 is 2.25 bits per heavy atom. The summed E-state index contributed by atoms with van der Waals surface area (Å²) in [4.78, 5) is 14.1. The number of rotatable bonds is 2. The smallest absolute Gasteiger partial charge is 0.337 e. The zero-order chi connectivity index (χ0) is 16.7. The zero-order valence-electron chi connectivity index (χ0n) is 14.2. The quantitative estimate of drug-likeness (QED) is 0.846. The molecule has 24 heavy (non-hydrogen) atoms. The molecule has 0 unspecified atom stereocenters. The van der Waals surface area contributed by atoms with Crippen LogP contribution >= 0.6 is 0 Å². The van der Waals surface area contributed by atoms with Crippen molar-refractivity contribution in [2.24, 2.45) is 0 Å². The van der Waals surface area contributed by atoms with Crippen LogP contribution in [0, 0.1) is 5.82 Å². The Labute approximate surface area is 142 Å². The molecule has 1 saturated heterocycles. The number of ether oxygens (including phenoxy) is 1. The van der Waals surface area contributed by atoms with Crippen molar-refractivity contribution >= 4 is 5.97 Å². The van der Waals surface area contributed by atoms with Crippen molar-refractivity contribution in [3.8, 4) is 0 Å². The maximum atomic E-state index is 14.6. The Kier molecular flexibility index (Phi) is 4.09. The van der Waals surface area contributed by atoms with Gasteiger partial charge in [-0.2, -0.15) is 0 Å². The van der Waals surface area contributed by atoms with Crippen LogP contribution in [0.4, 0.5) is 4.39 Å². The molecule has 1 saturated carbocycles. The minimum atomic E-state index is -0.468. The Bertz CT molecular complexity index is 657. The standard InChI is InChI=1S/C19H25FN2O2/c1-24-18(23)14-9-13-4-8-22(12-16(13)17(20)10-14)15-3-7-21-19(11-15)5-2-6-19/h9-10,15,21H,2-8,11-12H2,1H3/t15-/m0/s1. The summed E-state index contributed by atoms with van der Waals surface area (Å²) in [6, 6.07) is 3.67. The van der Waals surface area contributed by atoms with Crippen LogP contribution in [0.5, 0.6) is 0 Å². The van der Waals surface area contributed by atoms with Crippen molar-refractivity contribution in [3.05, 3.63) is 34.6 Å². The summed E-state index contributed by atoms with van der Waals surface area (Å²) in [5.74, 6) is -0.741. The number of hydrogen-bond acceptors (Lipinski definition) is 4. The van der Waals surface area contributed by atoms with E-state index in [9.17, 15) is 9.18 Å². The SMILES string of the molecule is COC(=O)c1cc(F)c2c(c1)CCN([C@H]1CCNC3(CCC3)C1)C2. The van der Waals surface area contributed by atoms with Crippen molar-refractivity contribution < 1.29 is 13.9 Å². The molecule has 0 aromatic heterocycles. The van der Waals surface area contributed by atoms with Gasteiger partial charge in [-0.3, -0.25) is 4.90 Å². The van der Waals surface area contributed by atoms with Gasteiger partial charge in [0.05, 0.1) is 12.7 Å². The highest BCUT2D eigenvalue weighted by Crippen LogP contribution is 2.40. The number of nitrogens with zero attached hydrogens (tertiary/aromatic N) is 1. The second-order valence-corrected chi connectivity index (χ2v) is 7.52. The molecule has 1 aliphatic carbocycles. The highest BCUT2D eigenvalue weighted by atomic mass is 19.1. The molecular formula is C19H25FN2O2. The molecule has 2 aliphatic heterocycles. The average Bonchev–Trinajstić information content (AvgIpc) is 2.59. The second kappa shape index (κ2) is 6.12. The lowest BCUT2D eigenvalue weighted by Gasteiger charge is -2.51. The first-order chi connectivity index (χ1) is 11.6. The molecule has 0 bridgehead atoms. The minimum Gasteiger partial charge on any atom is -0.465 e. The van der Waals surface area contributed by atoms with Gasteiger partial charge in [0.1, 0.15) is 5.82 Å². The molecule has 3 aliphatic rings. The van der Waals surface area contributed by atoms with Crippen LogP contribution in [0.3, 0.4) is 0 Å². The molecule has 1 spiro atoms. The van der Waals surface area contributed by atoms with E-state index in [1.807, 2.05) is 0 Å². The third kappa shape index (κ3) is 2.74. The number of methoxy groups -OCH3 is 1. The summed E-state index contributed by atoms with van der Waals surface area (Å²) >= 11 is 0. The van der Waals surface area contributed by atoms with E-state index in [1.165, 1.54) is 38.9 Å². The van der Waals surface area contributed by atoms with Crippen molar-refractivity contribution in [3.63, 3.8) is 0 Å². The highest BCUT2D eigenvalue weighted by molar-refractivity contribution is 5.89. The lowest BCUT2D eigenvalue weighted by Crippen LogP contribution is -2.60. The maximum Gasteiger partial charge on any atom is 0.337 e. The summed E-state index contributed by atoms with van der Waals surface area (Å²) in [7, 11) is 1.33. The molecule has 2 fully saturated rings. The predicted octanol–water partition coefficient (Wildman–Crippen LogP) is 2.65. The Hall–Kier alpha value is -1.46. The number of hydrogen-bond donors (Lipinski definition) is 1. The van der Waals surface area contributed by atoms with Crippen LogP contribution in [0.1, 0.15) is 53.6 Å². The third-order valence-corrected chi connectivity index (χ3v) is 6.17. The third-order valence-electron chi connectivity index (χ3n) is 6.17. The molecular weight excluding hydrogens is 307 g/mol. The maximum absolute atomic E-state index is 14.6. The van der Waals surface area contributed by atoms with E-state index in [1.54, 1.807) is 6.07 Å². The number of nitrogens with one attached hydrogen (secondary N) is 1. The lowest BCUT2D eigenvalue weighted by molar-refractivity contribution is 0.0535. The predicted molar refractivity (Wildman–Crippen MR) is 89.5 cm³/mol. The summed E-state index contributed by atoms with van der Waals surface area (Å²) in [5, 5.41) is 3.71. The van der Waals surface area contributed by atoms with E-state index in [0.29, 0.717) is 23.7 Å². The van der Waals surface area contributed by atoms with Crippen LogP contribution in [0.2, 0.25) is 0 Å². The molecule has 1 atom stereocenters. The number of esters is 1. The van der Waals surface area contributed by atoms with Crippen molar-refractivity contribution in [1.82, 2.24) is 10.2 Å².